The predicted molar refractivity (Wildman–Crippen MR) is 52.3 cm³/mol. The molecule has 13 heavy (non-hydrogen) atoms. The number of halogens is 1. The maximum Gasteiger partial charge on any atom is 0.107 e. The summed E-state index contributed by atoms with van der Waals surface area (Å²) in [6.07, 6.45) is 1.86. The second-order valence-corrected chi connectivity index (χ2v) is 2.98. The van der Waals surface area contributed by atoms with Crippen LogP contribution in [0.2, 0.25) is 0 Å². The Labute approximate surface area is 75.8 Å². The van der Waals surface area contributed by atoms with Crippen LogP contribution in [0.25, 0.3) is 10.9 Å². The van der Waals surface area contributed by atoms with E-state index in [1.165, 1.54) is 0 Å². The van der Waals surface area contributed by atoms with Crippen molar-refractivity contribution in [3.63, 3.8) is 0 Å². The third-order valence-corrected chi connectivity index (χ3v) is 2.17. The van der Waals surface area contributed by atoms with Gasteiger partial charge >= 0.3 is 0 Å². The number of hydrogen-bond donors (Lipinski definition) is 1. The summed E-state index contributed by atoms with van der Waals surface area (Å²) >= 11 is 0. The minimum absolute atomic E-state index is 0.349. The fourth-order valence-corrected chi connectivity index (χ4v) is 1.53. The van der Waals surface area contributed by atoms with Gasteiger partial charge in [-0.05, 0) is 18.2 Å². The Bertz CT molecular complexity index is 420. The first-order valence-electron chi connectivity index (χ1n) is 4.22. The Kier molecular flexibility index (Phi) is 1.93. The molecule has 0 bridgehead atoms. The third kappa shape index (κ3) is 1.26. The number of aryl methyl sites for hydroxylation is 1. The summed E-state index contributed by atoms with van der Waals surface area (Å²) in [5.41, 5.74) is 7.50. The molecule has 1 aromatic carbocycles. The van der Waals surface area contributed by atoms with E-state index in [4.69, 9.17) is 5.73 Å². The van der Waals surface area contributed by atoms with Crippen molar-refractivity contribution in [3.05, 3.63) is 30.5 Å². The van der Waals surface area contributed by atoms with Gasteiger partial charge in [-0.3, -0.25) is 0 Å². The molecule has 0 radical (unpaired) electrons. The molecule has 3 heteroatoms. The smallest absolute Gasteiger partial charge is 0.107 e. The molecule has 2 nitrogen and oxygen atoms in total. The van der Waals surface area contributed by atoms with Gasteiger partial charge in [0.05, 0.1) is 12.1 Å². The highest BCUT2D eigenvalue weighted by Gasteiger charge is 2.01. The van der Waals surface area contributed by atoms with Gasteiger partial charge in [0.1, 0.15) is 6.67 Å². The zero-order valence-corrected chi connectivity index (χ0v) is 7.20. The highest BCUT2D eigenvalue weighted by Crippen LogP contribution is 2.21. The summed E-state index contributed by atoms with van der Waals surface area (Å²) in [6, 6.07) is 7.59. The molecule has 0 atom stereocenters. The van der Waals surface area contributed by atoms with E-state index < -0.39 is 0 Å². The van der Waals surface area contributed by atoms with Crippen molar-refractivity contribution < 1.29 is 4.39 Å². The molecule has 68 valence electrons. The van der Waals surface area contributed by atoms with Crippen LogP contribution in [0.1, 0.15) is 0 Å². The lowest BCUT2D eigenvalue weighted by Gasteiger charge is -2.01. The van der Waals surface area contributed by atoms with Crippen molar-refractivity contribution in [2.75, 3.05) is 12.4 Å². The molecule has 0 aliphatic carbocycles. The lowest BCUT2D eigenvalue weighted by Crippen LogP contribution is -1.97. The zero-order valence-electron chi connectivity index (χ0n) is 7.20. The van der Waals surface area contributed by atoms with E-state index in [1.807, 2.05) is 35.0 Å². The van der Waals surface area contributed by atoms with Crippen molar-refractivity contribution in [1.29, 1.82) is 0 Å². The van der Waals surface area contributed by atoms with Crippen molar-refractivity contribution >= 4 is 16.6 Å². The first-order valence-corrected chi connectivity index (χ1v) is 4.22. The van der Waals surface area contributed by atoms with Gasteiger partial charge in [-0.25, -0.2) is 4.39 Å². The number of benzene rings is 1. The van der Waals surface area contributed by atoms with Gasteiger partial charge in [0.15, 0.2) is 0 Å². The number of fused-ring (bicyclic) bond motifs is 1. The van der Waals surface area contributed by atoms with Crippen LogP contribution in [0.15, 0.2) is 30.5 Å². The summed E-state index contributed by atoms with van der Waals surface area (Å²) in [6.45, 7) is 0.0472. The van der Waals surface area contributed by atoms with E-state index >= 15 is 0 Å². The average molecular weight is 178 g/mol. The van der Waals surface area contributed by atoms with Crippen LogP contribution >= 0.6 is 0 Å². The number of anilines is 1. The summed E-state index contributed by atoms with van der Waals surface area (Å²) in [4.78, 5) is 0. The molecule has 0 fully saturated rings. The quantitative estimate of drug-likeness (QED) is 0.702. The summed E-state index contributed by atoms with van der Waals surface area (Å²) in [7, 11) is 0. The van der Waals surface area contributed by atoms with Gasteiger partial charge < -0.3 is 10.3 Å². The topological polar surface area (TPSA) is 30.9 Å². The lowest BCUT2D eigenvalue weighted by atomic mass is 10.2. The summed E-state index contributed by atoms with van der Waals surface area (Å²) in [5.74, 6) is 0. The van der Waals surface area contributed by atoms with Crippen molar-refractivity contribution in [3.8, 4) is 0 Å². The van der Waals surface area contributed by atoms with Crippen LogP contribution in [0.4, 0.5) is 10.1 Å². The minimum atomic E-state index is -0.349. The van der Waals surface area contributed by atoms with E-state index in [2.05, 4.69) is 0 Å². The number of nitrogens with zero attached hydrogens (tertiary/aromatic N) is 1. The van der Waals surface area contributed by atoms with Gasteiger partial charge in [0.25, 0.3) is 0 Å². The molecule has 0 saturated heterocycles. The van der Waals surface area contributed by atoms with Crippen molar-refractivity contribution in [1.82, 2.24) is 4.57 Å². The molecule has 1 heterocycles. The SMILES string of the molecule is Nc1cccc2c1ccn2CCF. The molecular formula is C10H11FN2. The molecule has 0 aliphatic heterocycles. The largest absolute Gasteiger partial charge is 0.398 e. The fraction of sp³-hybridized carbons (Fsp3) is 0.200. The standard InChI is InChI=1S/C10H11FN2/c11-5-7-13-6-4-8-9(12)2-1-3-10(8)13/h1-4,6H,5,7,12H2. The number of alkyl halides is 1. The molecule has 1 aromatic heterocycles. The number of rotatable bonds is 2. The van der Waals surface area contributed by atoms with Gasteiger partial charge in [-0.1, -0.05) is 6.07 Å². The van der Waals surface area contributed by atoms with Crippen LogP contribution < -0.4 is 5.73 Å². The molecule has 2 aromatic rings. The highest BCUT2D eigenvalue weighted by molar-refractivity contribution is 5.91. The maximum absolute atomic E-state index is 12.1. The molecule has 0 spiro atoms. The number of hydrogen-bond acceptors (Lipinski definition) is 1. The van der Waals surface area contributed by atoms with Crippen molar-refractivity contribution in [2.45, 2.75) is 6.54 Å². The van der Waals surface area contributed by atoms with Crippen LogP contribution in [-0.4, -0.2) is 11.2 Å². The Morgan fingerprint density at radius 2 is 2.15 bits per heavy atom. The molecule has 2 rings (SSSR count). The van der Waals surface area contributed by atoms with E-state index in [-0.39, 0.29) is 6.67 Å². The van der Waals surface area contributed by atoms with Crippen LogP contribution in [0, 0.1) is 0 Å². The normalized spacial score (nSPS) is 10.8. The van der Waals surface area contributed by atoms with Crippen LogP contribution in [-0.2, 0) is 6.54 Å². The summed E-state index contributed by atoms with van der Waals surface area (Å²) in [5, 5.41) is 0.996. The van der Waals surface area contributed by atoms with Gasteiger partial charge in [-0.15, -0.1) is 0 Å². The summed E-state index contributed by atoms with van der Waals surface area (Å²) < 4.78 is 14.0. The molecule has 2 N–H and O–H groups in total. The Hall–Kier alpha value is -1.51. The molecule has 0 amide bonds. The van der Waals surface area contributed by atoms with E-state index in [1.54, 1.807) is 0 Å². The van der Waals surface area contributed by atoms with E-state index in [0.29, 0.717) is 6.54 Å². The van der Waals surface area contributed by atoms with E-state index in [0.717, 1.165) is 16.6 Å². The molecule has 0 aliphatic rings. The van der Waals surface area contributed by atoms with Gasteiger partial charge in [0, 0.05) is 17.3 Å². The first-order chi connectivity index (χ1) is 6.33. The maximum atomic E-state index is 12.1. The number of nitrogen functional groups attached to an aromatic ring is 1. The number of aromatic nitrogens is 1. The zero-order chi connectivity index (χ0) is 9.26. The van der Waals surface area contributed by atoms with Crippen LogP contribution in [0.5, 0.6) is 0 Å². The predicted octanol–water partition coefficient (Wildman–Crippen LogP) is 2.19. The highest BCUT2D eigenvalue weighted by atomic mass is 19.1. The fourth-order valence-electron chi connectivity index (χ4n) is 1.53. The van der Waals surface area contributed by atoms with Gasteiger partial charge in [-0.2, -0.15) is 0 Å². The Morgan fingerprint density at radius 1 is 1.31 bits per heavy atom. The van der Waals surface area contributed by atoms with E-state index in [9.17, 15) is 4.39 Å². The van der Waals surface area contributed by atoms with Gasteiger partial charge in [0.2, 0.25) is 0 Å². The number of nitrogens with two attached hydrogens (primary N) is 1. The Balaban J connectivity index is 2.61. The lowest BCUT2D eigenvalue weighted by molar-refractivity contribution is 0.451. The van der Waals surface area contributed by atoms with Crippen molar-refractivity contribution in [2.24, 2.45) is 0 Å². The second kappa shape index (κ2) is 3.09. The monoisotopic (exact) mass is 178 g/mol. The Morgan fingerprint density at radius 3 is 2.92 bits per heavy atom. The molecule has 0 unspecified atom stereocenters. The van der Waals surface area contributed by atoms with Crippen LogP contribution in [0.3, 0.4) is 0 Å². The second-order valence-electron chi connectivity index (χ2n) is 2.98. The third-order valence-electron chi connectivity index (χ3n) is 2.17. The average Bonchev–Trinajstić information content (AvgIpc) is 2.51. The first kappa shape index (κ1) is 8.10. The minimum Gasteiger partial charge on any atom is -0.398 e. The molecule has 0 saturated carbocycles. The molecular weight excluding hydrogens is 167 g/mol.